The van der Waals surface area contributed by atoms with Crippen molar-refractivity contribution in [3.05, 3.63) is 44.0 Å². The average Bonchev–Trinajstić information content (AvgIpc) is 2.69. The van der Waals surface area contributed by atoms with Gasteiger partial charge in [-0.1, -0.05) is 22.9 Å². The van der Waals surface area contributed by atoms with Crippen LogP contribution in [0.4, 0.5) is 5.69 Å². The molecule has 1 aromatic carbocycles. The van der Waals surface area contributed by atoms with Crippen LogP contribution in [-0.2, 0) is 13.5 Å². The summed E-state index contributed by atoms with van der Waals surface area (Å²) in [5.41, 5.74) is 1.23. The minimum Gasteiger partial charge on any atom is -0.434 e. The molecule has 1 heterocycles. The predicted molar refractivity (Wildman–Crippen MR) is 78.2 cm³/mol. The quantitative estimate of drug-likeness (QED) is 0.628. The first kappa shape index (κ1) is 14.5. The summed E-state index contributed by atoms with van der Waals surface area (Å²) >= 11 is 3.37. The molecule has 0 saturated heterocycles. The third-order valence-electron chi connectivity index (χ3n) is 2.90. The summed E-state index contributed by atoms with van der Waals surface area (Å²) < 4.78 is 8.04. The van der Waals surface area contributed by atoms with Gasteiger partial charge >= 0.3 is 5.69 Å². The molecule has 0 spiro atoms. The first-order chi connectivity index (χ1) is 9.43. The number of ether oxygens (including phenoxy) is 1. The van der Waals surface area contributed by atoms with Crippen LogP contribution in [0.1, 0.15) is 18.2 Å². The van der Waals surface area contributed by atoms with Gasteiger partial charge in [-0.25, -0.2) is 4.68 Å². The van der Waals surface area contributed by atoms with Gasteiger partial charge in [-0.2, -0.15) is 5.10 Å². The molecule has 0 aliphatic carbocycles. The molecular weight excluding hydrogens is 326 g/mol. The first-order valence-electron chi connectivity index (χ1n) is 6.08. The Hall–Kier alpha value is -1.89. The minimum absolute atomic E-state index is 0.0719. The summed E-state index contributed by atoms with van der Waals surface area (Å²) in [6.07, 6.45) is 0.479. The molecule has 0 amide bonds. The Morgan fingerprint density at radius 2 is 2.20 bits per heavy atom. The van der Waals surface area contributed by atoms with Gasteiger partial charge in [-0.05, 0) is 37.1 Å². The fraction of sp³-hybridized carbons (Fsp3) is 0.308. The maximum Gasteiger partial charge on any atom is 0.353 e. The lowest BCUT2D eigenvalue weighted by atomic mass is 10.2. The van der Waals surface area contributed by atoms with Crippen molar-refractivity contribution in [3.8, 4) is 11.6 Å². The summed E-state index contributed by atoms with van der Waals surface area (Å²) in [4.78, 5) is 10.8. The molecular formula is C13H14BrN3O3. The molecule has 0 aliphatic heterocycles. The first-order valence-corrected chi connectivity index (χ1v) is 6.87. The van der Waals surface area contributed by atoms with Gasteiger partial charge in [0.05, 0.1) is 4.92 Å². The molecule has 0 bridgehead atoms. The molecule has 0 unspecified atom stereocenters. The van der Waals surface area contributed by atoms with Gasteiger partial charge in [0.1, 0.15) is 11.4 Å². The predicted octanol–water partition coefficient (Wildman–Crippen LogP) is 3.75. The van der Waals surface area contributed by atoms with Gasteiger partial charge in [0.25, 0.3) is 5.88 Å². The zero-order valence-corrected chi connectivity index (χ0v) is 13.0. The van der Waals surface area contributed by atoms with Gasteiger partial charge < -0.3 is 4.74 Å². The Morgan fingerprint density at radius 3 is 2.75 bits per heavy atom. The largest absolute Gasteiger partial charge is 0.434 e. The molecule has 1 aromatic heterocycles. The standard InChI is InChI=1S/C13H14BrN3O3/c1-4-10-12(17(18)19)13(16(3)15-10)20-11-6-5-9(14)7-8(11)2/h5-7H,4H2,1-3H3. The number of halogens is 1. The highest BCUT2D eigenvalue weighted by atomic mass is 79.9. The van der Waals surface area contributed by atoms with Crippen molar-refractivity contribution in [1.29, 1.82) is 0 Å². The second kappa shape index (κ2) is 5.62. The van der Waals surface area contributed by atoms with Gasteiger partial charge in [0, 0.05) is 11.5 Å². The van der Waals surface area contributed by atoms with Crippen LogP contribution in [0.5, 0.6) is 11.6 Å². The van der Waals surface area contributed by atoms with Gasteiger partial charge in [-0.3, -0.25) is 10.1 Å². The third kappa shape index (κ3) is 2.67. The van der Waals surface area contributed by atoms with E-state index in [1.54, 1.807) is 13.1 Å². The van der Waals surface area contributed by atoms with Crippen LogP contribution in [0, 0.1) is 17.0 Å². The SMILES string of the molecule is CCc1nn(C)c(Oc2ccc(Br)cc2C)c1[N+](=O)[O-]. The molecule has 0 saturated carbocycles. The van der Waals surface area contributed by atoms with Gasteiger partial charge in [0.2, 0.25) is 0 Å². The number of nitro groups is 1. The molecule has 106 valence electrons. The monoisotopic (exact) mass is 339 g/mol. The molecule has 0 atom stereocenters. The average molecular weight is 340 g/mol. The highest BCUT2D eigenvalue weighted by molar-refractivity contribution is 9.10. The lowest BCUT2D eigenvalue weighted by molar-refractivity contribution is -0.386. The number of benzene rings is 1. The summed E-state index contributed by atoms with van der Waals surface area (Å²) in [6.45, 7) is 3.70. The fourth-order valence-electron chi connectivity index (χ4n) is 1.92. The zero-order valence-electron chi connectivity index (χ0n) is 11.4. The number of aryl methyl sites for hydroxylation is 3. The number of aromatic nitrogens is 2. The van der Waals surface area contributed by atoms with Crippen LogP contribution in [0.15, 0.2) is 22.7 Å². The Labute approximate surface area is 124 Å². The summed E-state index contributed by atoms with van der Waals surface area (Å²) in [5.74, 6) is 0.722. The molecule has 0 aliphatic rings. The fourth-order valence-corrected chi connectivity index (χ4v) is 2.39. The van der Waals surface area contributed by atoms with E-state index in [0.29, 0.717) is 17.9 Å². The van der Waals surface area contributed by atoms with Crippen LogP contribution in [0.2, 0.25) is 0 Å². The second-order valence-corrected chi connectivity index (χ2v) is 5.26. The van der Waals surface area contributed by atoms with Crippen molar-refractivity contribution in [2.75, 3.05) is 0 Å². The normalized spacial score (nSPS) is 10.6. The summed E-state index contributed by atoms with van der Waals surface area (Å²) in [5, 5.41) is 15.3. The number of hydrogen-bond donors (Lipinski definition) is 0. The zero-order chi connectivity index (χ0) is 14.9. The molecule has 20 heavy (non-hydrogen) atoms. The van der Waals surface area contributed by atoms with Crippen molar-refractivity contribution in [2.45, 2.75) is 20.3 Å². The molecule has 0 N–H and O–H groups in total. The number of nitrogens with zero attached hydrogens (tertiary/aromatic N) is 3. The maximum atomic E-state index is 11.2. The third-order valence-corrected chi connectivity index (χ3v) is 3.39. The lowest BCUT2D eigenvalue weighted by Gasteiger charge is -2.08. The van der Waals surface area contributed by atoms with Crippen molar-refractivity contribution in [3.63, 3.8) is 0 Å². The van der Waals surface area contributed by atoms with Crippen molar-refractivity contribution in [1.82, 2.24) is 9.78 Å². The van der Waals surface area contributed by atoms with E-state index < -0.39 is 4.92 Å². The van der Waals surface area contributed by atoms with Crippen molar-refractivity contribution < 1.29 is 9.66 Å². The molecule has 7 heteroatoms. The lowest BCUT2D eigenvalue weighted by Crippen LogP contribution is -1.98. The van der Waals surface area contributed by atoms with Crippen LogP contribution in [-0.4, -0.2) is 14.7 Å². The van der Waals surface area contributed by atoms with Crippen LogP contribution in [0.3, 0.4) is 0 Å². The van der Waals surface area contributed by atoms with Crippen LogP contribution in [0.25, 0.3) is 0 Å². The molecule has 6 nitrogen and oxygen atoms in total. The number of hydrogen-bond acceptors (Lipinski definition) is 4. The van der Waals surface area contributed by atoms with E-state index in [0.717, 1.165) is 10.0 Å². The molecule has 2 aromatic rings. The minimum atomic E-state index is -0.449. The summed E-state index contributed by atoms with van der Waals surface area (Å²) in [7, 11) is 1.63. The maximum absolute atomic E-state index is 11.2. The Bertz CT molecular complexity index is 667. The smallest absolute Gasteiger partial charge is 0.353 e. The van der Waals surface area contributed by atoms with E-state index in [9.17, 15) is 10.1 Å². The molecule has 0 radical (unpaired) electrons. The summed E-state index contributed by atoms with van der Waals surface area (Å²) in [6, 6.07) is 5.48. The van der Waals surface area contributed by atoms with Gasteiger partial charge in [0.15, 0.2) is 0 Å². The van der Waals surface area contributed by atoms with Gasteiger partial charge in [-0.15, -0.1) is 0 Å². The van der Waals surface area contributed by atoms with Crippen molar-refractivity contribution in [2.24, 2.45) is 7.05 Å². The van der Waals surface area contributed by atoms with E-state index in [1.807, 2.05) is 26.0 Å². The Balaban J connectivity index is 2.48. The Kier molecular flexibility index (Phi) is 4.08. The highest BCUT2D eigenvalue weighted by Gasteiger charge is 2.27. The van der Waals surface area contributed by atoms with Crippen LogP contribution < -0.4 is 4.74 Å². The van der Waals surface area contributed by atoms with E-state index in [2.05, 4.69) is 21.0 Å². The highest BCUT2D eigenvalue weighted by Crippen LogP contribution is 2.35. The Morgan fingerprint density at radius 1 is 1.50 bits per heavy atom. The molecule has 2 rings (SSSR count). The van der Waals surface area contributed by atoms with E-state index in [-0.39, 0.29) is 11.6 Å². The molecule has 0 fully saturated rings. The topological polar surface area (TPSA) is 70.2 Å². The number of rotatable bonds is 4. The van der Waals surface area contributed by atoms with E-state index in [1.165, 1.54) is 4.68 Å². The van der Waals surface area contributed by atoms with E-state index in [4.69, 9.17) is 4.74 Å². The van der Waals surface area contributed by atoms with Crippen LogP contribution >= 0.6 is 15.9 Å². The van der Waals surface area contributed by atoms with E-state index >= 15 is 0 Å². The van der Waals surface area contributed by atoms with Crippen molar-refractivity contribution >= 4 is 21.6 Å². The second-order valence-electron chi connectivity index (χ2n) is 4.35.